The molecule has 0 aliphatic carbocycles. The fourth-order valence-corrected chi connectivity index (χ4v) is 4.94. The lowest BCUT2D eigenvalue weighted by atomic mass is 10.0. The summed E-state index contributed by atoms with van der Waals surface area (Å²) < 4.78 is 0. The van der Waals surface area contributed by atoms with Gasteiger partial charge in [0.15, 0.2) is 0 Å². The van der Waals surface area contributed by atoms with Crippen LogP contribution in [0.5, 0.6) is 0 Å². The van der Waals surface area contributed by atoms with E-state index >= 15 is 0 Å². The van der Waals surface area contributed by atoms with Crippen molar-refractivity contribution in [3.05, 3.63) is 136 Å². The highest BCUT2D eigenvalue weighted by Gasteiger charge is 2.17. The van der Waals surface area contributed by atoms with Gasteiger partial charge in [-0.25, -0.2) is 0 Å². The quantitative estimate of drug-likeness (QED) is 0.0712. The minimum Gasteiger partial charge on any atom is -0.325 e. The highest BCUT2D eigenvalue weighted by Crippen LogP contribution is 2.26. The van der Waals surface area contributed by atoms with Gasteiger partial charge in [0.2, 0.25) is 5.91 Å². The number of nitro groups is 1. The Morgan fingerprint density at radius 3 is 1.95 bits per heavy atom. The molecule has 1 unspecified atom stereocenters. The van der Waals surface area contributed by atoms with Crippen LogP contribution in [-0.4, -0.2) is 27.9 Å². The molecule has 224 valence electrons. The standard InChI is InChI=1S/C34H32N4O5S/c1-22(2)25-11-9-24(10-12-25)21-31(37-33(40)26-7-5-4-6-8-26)34(41)36-28-15-19-30(20-16-28)44-23(3)32(39)35-27-13-17-29(18-14-27)38(42)43/h4-23H,1-3H3,(H,35,39)(H,36,41)(H,37,40)/b31-21-. The average molecular weight is 609 g/mol. The molecule has 0 aliphatic heterocycles. The fraction of sp³-hybridized carbons (Fsp3) is 0.147. The van der Waals surface area contributed by atoms with Crippen LogP contribution in [0.2, 0.25) is 0 Å². The van der Waals surface area contributed by atoms with Gasteiger partial charge in [-0.2, -0.15) is 0 Å². The molecule has 0 fully saturated rings. The Morgan fingerprint density at radius 2 is 1.36 bits per heavy atom. The first kappa shape index (κ1) is 31.7. The SMILES string of the molecule is CC(Sc1ccc(NC(=O)/C(=C/c2ccc(C(C)C)cc2)NC(=O)c2ccccc2)cc1)C(=O)Nc1ccc([N+](=O)[O-])cc1. The van der Waals surface area contributed by atoms with Crippen molar-refractivity contribution in [3.63, 3.8) is 0 Å². The topological polar surface area (TPSA) is 130 Å². The Balaban J connectivity index is 1.42. The number of carbonyl (C=O) groups is 3. The van der Waals surface area contributed by atoms with Gasteiger partial charge in [-0.1, -0.05) is 56.3 Å². The van der Waals surface area contributed by atoms with Crippen molar-refractivity contribution in [2.45, 2.75) is 36.8 Å². The van der Waals surface area contributed by atoms with Gasteiger partial charge in [0.05, 0.1) is 10.2 Å². The van der Waals surface area contributed by atoms with Gasteiger partial charge in [0.25, 0.3) is 17.5 Å². The molecular weight excluding hydrogens is 576 g/mol. The number of nitrogens with one attached hydrogen (secondary N) is 3. The second kappa shape index (κ2) is 14.8. The second-order valence-corrected chi connectivity index (χ2v) is 11.6. The lowest BCUT2D eigenvalue weighted by molar-refractivity contribution is -0.384. The van der Waals surface area contributed by atoms with Crippen LogP contribution < -0.4 is 16.0 Å². The van der Waals surface area contributed by atoms with Gasteiger partial charge < -0.3 is 16.0 Å². The first-order chi connectivity index (χ1) is 21.1. The zero-order chi connectivity index (χ0) is 31.6. The van der Waals surface area contributed by atoms with E-state index in [9.17, 15) is 24.5 Å². The summed E-state index contributed by atoms with van der Waals surface area (Å²) in [4.78, 5) is 50.0. The summed E-state index contributed by atoms with van der Waals surface area (Å²) in [6.45, 7) is 5.96. The maximum Gasteiger partial charge on any atom is 0.272 e. The number of nitro benzene ring substituents is 1. The van der Waals surface area contributed by atoms with Crippen molar-refractivity contribution in [2.24, 2.45) is 0 Å². The molecule has 4 rings (SSSR count). The Labute approximate surface area is 259 Å². The van der Waals surface area contributed by atoms with Gasteiger partial charge in [0, 0.05) is 34.0 Å². The summed E-state index contributed by atoms with van der Waals surface area (Å²) in [6.07, 6.45) is 1.63. The van der Waals surface area contributed by atoms with Gasteiger partial charge in [0.1, 0.15) is 5.70 Å². The van der Waals surface area contributed by atoms with Crippen molar-refractivity contribution in [1.29, 1.82) is 0 Å². The number of amides is 3. The molecule has 3 N–H and O–H groups in total. The average Bonchev–Trinajstić information content (AvgIpc) is 3.02. The van der Waals surface area contributed by atoms with E-state index in [0.717, 1.165) is 16.0 Å². The summed E-state index contributed by atoms with van der Waals surface area (Å²) in [5.41, 5.74) is 3.36. The molecule has 0 aliphatic rings. The van der Waals surface area contributed by atoms with E-state index in [2.05, 4.69) is 29.8 Å². The van der Waals surface area contributed by atoms with E-state index in [1.54, 1.807) is 61.5 Å². The van der Waals surface area contributed by atoms with E-state index in [4.69, 9.17) is 0 Å². The van der Waals surface area contributed by atoms with Crippen molar-refractivity contribution in [2.75, 3.05) is 10.6 Å². The van der Waals surface area contributed by atoms with Crippen LogP contribution in [0.15, 0.2) is 114 Å². The molecule has 4 aromatic carbocycles. The highest BCUT2D eigenvalue weighted by atomic mass is 32.2. The number of benzene rings is 4. The first-order valence-corrected chi connectivity index (χ1v) is 14.8. The van der Waals surface area contributed by atoms with Crippen LogP contribution >= 0.6 is 11.8 Å². The molecule has 0 radical (unpaired) electrons. The molecule has 0 heterocycles. The molecule has 0 aromatic heterocycles. The van der Waals surface area contributed by atoms with Crippen molar-refractivity contribution < 1.29 is 19.3 Å². The molecular formula is C34H32N4O5S. The zero-order valence-corrected chi connectivity index (χ0v) is 25.3. The summed E-state index contributed by atoms with van der Waals surface area (Å²) in [7, 11) is 0. The second-order valence-electron chi connectivity index (χ2n) is 10.2. The van der Waals surface area contributed by atoms with Crippen LogP contribution in [-0.2, 0) is 9.59 Å². The molecule has 0 saturated carbocycles. The maximum absolute atomic E-state index is 13.4. The van der Waals surface area contributed by atoms with E-state index in [-0.39, 0.29) is 17.3 Å². The maximum atomic E-state index is 13.4. The summed E-state index contributed by atoms with van der Waals surface area (Å²) in [5, 5.41) is 18.7. The Kier molecular flexibility index (Phi) is 10.7. The van der Waals surface area contributed by atoms with Gasteiger partial charge >= 0.3 is 0 Å². The third-order valence-electron chi connectivity index (χ3n) is 6.58. The van der Waals surface area contributed by atoms with Crippen LogP contribution in [0, 0.1) is 10.1 Å². The fourth-order valence-electron chi connectivity index (χ4n) is 4.07. The van der Waals surface area contributed by atoms with Gasteiger partial charge in [-0.05, 0) is 78.6 Å². The van der Waals surface area contributed by atoms with Crippen molar-refractivity contribution >= 4 is 52.6 Å². The summed E-state index contributed by atoms with van der Waals surface area (Å²) >= 11 is 1.32. The number of anilines is 2. The number of rotatable bonds is 11. The number of non-ortho nitro benzene ring substituents is 1. The summed E-state index contributed by atoms with van der Waals surface area (Å²) in [5.74, 6) is -0.786. The third kappa shape index (κ3) is 8.89. The normalized spacial score (nSPS) is 11.9. The predicted molar refractivity (Wildman–Crippen MR) is 175 cm³/mol. The minimum atomic E-state index is -0.501. The highest BCUT2D eigenvalue weighted by molar-refractivity contribution is 8.00. The molecule has 0 saturated heterocycles. The number of nitrogens with zero attached hydrogens (tertiary/aromatic N) is 1. The van der Waals surface area contributed by atoms with E-state index < -0.39 is 22.0 Å². The van der Waals surface area contributed by atoms with Crippen molar-refractivity contribution in [1.82, 2.24) is 5.32 Å². The molecule has 4 aromatic rings. The van der Waals surface area contributed by atoms with Gasteiger partial charge in [-0.3, -0.25) is 24.5 Å². The zero-order valence-electron chi connectivity index (χ0n) is 24.4. The number of carbonyl (C=O) groups excluding carboxylic acids is 3. The van der Waals surface area contributed by atoms with Crippen molar-refractivity contribution in [3.8, 4) is 0 Å². The molecule has 1 atom stereocenters. The Bertz CT molecular complexity index is 1650. The number of hydrogen-bond donors (Lipinski definition) is 3. The molecule has 9 nitrogen and oxygen atoms in total. The smallest absolute Gasteiger partial charge is 0.272 e. The lowest BCUT2D eigenvalue weighted by Gasteiger charge is -2.14. The summed E-state index contributed by atoms with van der Waals surface area (Å²) in [6, 6.07) is 29.1. The third-order valence-corrected chi connectivity index (χ3v) is 7.69. The Hall–Kier alpha value is -5.22. The van der Waals surface area contributed by atoms with Crippen LogP contribution in [0.25, 0.3) is 6.08 Å². The van der Waals surface area contributed by atoms with E-state index in [0.29, 0.717) is 22.9 Å². The van der Waals surface area contributed by atoms with E-state index in [1.165, 1.54) is 36.0 Å². The molecule has 44 heavy (non-hydrogen) atoms. The molecule has 0 spiro atoms. The Morgan fingerprint density at radius 1 is 0.773 bits per heavy atom. The number of thioether (sulfide) groups is 1. The monoisotopic (exact) mass is 608 g/mol. The molecule has 10 heteroatoms. The predicted octanol–water partition coefficient (Wildman–Crippen LogP) is 7.25. The number of hydrogen-bond acceptors (Lipinski definition) is 6. The van der Waals surface area contributed by atoms with Crippen LogP contribution in [0.4, 0.5) is 17.1 Å². The van der Waals surface area contributed by atoms with E-state index in [1.807, 2.05) is 30.3 Å². The first-order valence-electron chi connectivity index (χ1n) is 13.9. The lowest BCUT2D eigenvalue weighted by Crippen LogP contribution is -2.30. The van der Waals surface area contributed by atoms with Crippen LogP contribution in [0.1, 0.15) is 48.2 Å². The largest absolute Gasteiger partial charge is 0.325 e. The minimum absolute atomic E-state index is 0.0564. The molecule has 3 amide bonds. The van der Waals surface area contributed by atoms with Crippen LogP contribution in [0.3, 0.4) is 0 Å². The van der Waals surface area contributed by atoms with Gasteiger partial charge in [-0.15, -0.1) is 11.8 Å². The molecule has 0 bridgehead atoms.